The van der Waals surface area contributed by atoms with E-state index in [2.05, 4.69) is 5.16 Å². The Morgan fingerprint density at radius 3 is 2.48 bits per heavy atom. The van der Waals surface area contributed by atoms with E-state index in [-0.39, 0.29) is 12.3 Å². The highest BCUT2D eigenvalue weighted by molar-refractivity contribution is 5.84. The summed E-state index contributed by atoms with van der Waals surface area (Å²) in [4.78, 5) is 26.2. The second kappa shape index (κ2) is 9.56. The van der Waals surface area contributed by atoms with Crippen molar-refractivity contribution in [3.8, 4) is 5.75 Å². The Hall–Kier alpha value is -2.87. The number of carbonyl (C=O) groups excluding carboxylic acids is 2. The quantitative estimate of drug-likeness (QED) is 0.656. The molecule has 8 heteroatoms. The zero-order chi connectivity index (χ0) is 20.8. The fourth-order valence-corrected chi connectivity index (χ4v) is 3.06. The van der Waals surface area contributed by atoms with Crippen molar-refractivity contribution in [2.24, 2.45) is 0 Å². The summed E-state index contributed by atoms with van der Waals surface area (Å²) >= 11 is 0. The molecule has 1 unspecified atom stereocenters. The van der Waals surface area contributed by atoms with Crippen LogP contribution in [0.5, 0.6) is 5.75 Å². The highest BCUT2D eigenvalue weighted by atomic mass is 16.5. The van der Waals surface area contributed by atoms with Crippen molar-refractivity contribution < 1.29 is 28.3 Å². The number of rotatable bonds is 7. The van der Waals surface area contributed by atoms with Gasteiger partial charge in [0.15, 0.2) is 6.10 Å². The van der Waals surface area contributed by atoms with Gasteiger partial charge >= 0.3 is 5.97 Å². The molecule has 1 atom stereocenters. The molecule has 0 bridgehead atoms. The molecular formula is C21H26N2O6. The molecule has 0 aliphatic carbocycles. The first-order valence-electron chi connectivity index (χ1n) is 9.63. The Kier molecular flexibility index (Phi) is 6.87. The minimum absolute atomic E-state index is 0.0882. The van der Waals surface area contributed by atoms with Crippen LogP contribution in [0.4, 0.5) is 0 Å². The van der Waals surface area contributed by atoms with E-state index in [9.17, 15) is 9.59 Å². The van der Waals surface area contributed by atoms with Gasteiger partial charge in [0.05, 0.1) is 30.9 Å². The summed E-state index contributed by atoms with van der Waals surface area (Å²) in [6, 6.07) is 7.20. The Balaban J connectivity index is 1.47. The van der Waals surface area contributed by atoms with Gasteiger partial charge in [0.2, 0.25) is 0 Å². The summed E-state index contributed by atoms with van der Waals surface area (Å²) in [6.07, 6.45) is -0.719. The van der Waals surface area contributed by atoms with Gasteiger partial charge in [-0.15, -0.1) is 0 Å². The highest BCUT2D eigenvalue weighted by Crippen LogP contribution is 2.18. The number of hydrogen-bond donors (Lipinski definition) is 0. The molecule has 1 amide bonds. The fraction of sp³-hybridized carbons (Fsp3) is 0.476. The molecular weight excluding hydrogens is 376 g/mol. The van der Waals surface area contributed by atoms with Gasteiger partial charge in [-0.2, -0.15) is 0 Å². The summed E-state index contributed by atoms with van der Waals surface area (Å²) < 4.78 is 21.4. The van der Waals surface area contributed by atoms with Crippen LogP contribution in [0.15, 0.2) is 28.8 Å². The number of aromatic nitrogens is 1. The number of aryl methyl sites for hydroxylation is 2. The van der Waals surface area contributed by atoms with Crippen molar-refractivity contribution in [2.75, 3.05) is 26.3 Å². The first kappa shape index (κ1) is 20.9. The minimum Gasteiger partial charge on any atom is -0.489 e. The van der Waals surface area contributed by atoms with Crippen molar-refractivity contribution in [3.05, 3.63) is 46.8 Å². The lowest BCUT2D eigenvalue weighted by atomic mass is 10.1. The standard InChI is InChI=1S/C21H26N2O6/c1-14-19(15(2)29-22-14)13-27-18-6-4-17(5-7-18)12-20(24)28-16(3)21(25)23-8-10-26-11-9-23/h4-7,16H,8-13H2,1-3H3. The Morgan fingerprint density at radius 2 is 1.86 bits per heavy atom. The molecule has 1 aliphatic heterocycles. The van der Waals surface area contributed by atoms with Crippen molar-refractivity contribution in [2.45, 2.75) is 39.9 Å². The van der Waals surface area contributed by atoms with Gasteiger partial charge in [-0.05, 0) is 38.5 Å². The van der Waals surface area contributed by atoms with E-state index in [1.807, 2.05) is 13.8 Å². The van der Waals surface area contributed by atoms with E-state index >= 15 is 0 Å². The van der Waals surface area contributed by atoms with Crippen LogP contribution < -0.4 is 4.74 Å². The van der Waals surface area contributed by atoms with E-state index in [4.69, 9.17) is 18.7 Å². The molecule has 8 nitrogen and oxygen atoms in total. The molecule has 1 fully saturated rings. The number of esters is 1. The molecule has 1 aromatic heterocycles. The number of hydrogen-bond acceptors (Lipinski definition) is 7. The minimum atomic E-state index is -0.807. The van der Waals surface area contributed by atoms with Crippen LogP contribution >= 0.6 is 0 Å². The van der Waals surface area contributed by atoms with Crippen molar-refractivity contribution in [3.63, 3.8) is 0 Å². The molecule has 1 aliphatic rings. The normalized spacial score (nSPS) is 15.1. The average molecular weight is 402 g/mol. The molecule has 0 spiro atoms. The second-order valence-electron chi connectivity index (χ2n) is 6.98. The van der Waals surface area contributed by atoms with Gasteiger partial charge in [-0.25, -0.2) is 0 Å². The van der Waals surface area contributed by atoms with Crippen molar-refractivity contribution in [1.82, 2.24) is 10.1 Å². The van der Waals surface area contributed by atoms with E-state index in [1.165, 1.54) is 0 Å². The van der Waals surface area contributed by atoms with Crippen LogP contribution in [0.3, 0.4) is 0 Å². The van der Waals surface area contributed by atoms with Gasteiger partial charge in [0.1, 0.15) is 18.1 Å². The highest BCUT2D eigenvalue weighted by Gasteiger charge is 2.25. The van der Waals surface area contributed by atoms with Crippen LogP contribution in [-0.4, -0.2) is 54.3 Å². The van der Waals surface area contributed by atoms with Crippen molar-refractivity contribution >= 4 is 11.9 Å². The number of morpholine rings is 1. The van der Waals surface area contributed by atoms with Crippen LogP contribution in [0, 0.1) is 13.8 Å². The predicted molar refractivity (Wildman–Crippen MR) is 103 cm³/mol. The lowest BCUT2D eigenvalue weighted by Gasteiger charge is -2.28. The zero-order valence-corrected chi connectivity index (χ0v) is 17.0. The molecule has 2 aromatic rings. The molecule has 156 valence electrons. The van der Waals surface area contributed by atoms with E-state index < -0.39 is 12.1 Å². The summed E-state index contributed by atoms with van der Waals surface area (Å²) in [7, 11) is 0. The summed E-state index contributed by atoms with van der Waals surface area (Å²) in [5.41, 5.74) is 2.52. The lowest BCUT2D eigenvalue weighted by molar-refractivity contribution is -0.160. The second-order valence-corrected chi connectivity index (χ2v) is 6.98. The topological polar surface area (TPSA) is 91.1 Å². The SMILES string of the molecule is Cc1noc(C)c1COc1ccc(CC(=O)OC(C)C(=O)N2CCOCC2)cc1. The molecule has 2 heterocycles. The number of benzene rings is 1. The number of nitrogens with zero attached hydrogens (tertiary/aromatic N) is 2. The Labute approximate surface area is 169 Å². The fourth-order valence-electron chi connectivity index (χ4n) is 3.06. The largest absolute Gasteiger partial charge is 0.489 e. The maximum Gasteiger partial charge on any atom is 0.311 e. The first-order valence-corrected chi connectivity index (χ1v) is 9.63. The molecule has 3 rings (SSSR count). The number of carbonyl (C=O) groups is 2. The Morgan fingerprint density at radius 1 is 1.17 bits per heavy atom. The molecule has 29 heavy (non-hydrogen) atoms. The third kappa shape index (κ3) is 5.57. The zero-order valence-electron chi connectivity index (χ0n) is 17.0. The van der Waals surface area contributed by atoms with E-state index in [1.54, 1.807) is 36.1 Å². The van der Waals surface area contributed by atoms with Gasteiger partial charge in [0, 0.05) is 13.1 Å². The van der Waals surface area contributed by atoms with Crippen LogP contribution in [0.1, 0.15) is 29.5 Å². The third-order valence-electron chi connectivity index (χ3n) is 4.81. The summed E-state index contributed by atoms with van der Waals surface area (Å²) in [5.74, 6) is 0.786. The summed E-state index contributed by atoms with van der Waals surface area (Å²) in [6.45, 7) is 7.75. The lowest BCUT2D eigenvalue weighted by Crippen LogP contribution is -2.46. The van der Waals surface area contributed by atoms with Gasteiger partial charge in [-0.3, -0.25) is 9.59 Å². The van der Waals surface area contributed by atoms with Crippen LogP contribution in [-0.2, 0) is 32.1 Å². The van der Waals surface area contributed by atoms with Crippen LogP contribution in [0.25, 0.3) is 0 Å². The monoisotopic (exact) mass is 402 g/mol. The first-order chi connectivity index (χ1) is 13.9. The third-order valence-corrected chi connectivity index (χ3v) is 4.81. The predicted octanol–water partition coefficient (Wildman–Crippen LogP) is 2.20. The van der Waals surface area contributed by atoms with E-state index in [0.717, 1.165) is 22.6 Å². The number of ether oxygens (including phenoxy) is 3. The average Bonchev–Trinajstić information content (AvgIpc) is 3.05. The smallest absolute Gasteiger partial charge is 0.311 e. The van der Waals surface area contributed by atoms with Gasteiger partial charge in [0.25, 0.3) is 5.91 Å². The molecule has 0 radical (unpaired) electrons. The van der Waals surface area contributed by atoms with Crippen LogP contribution in [0.2, 0.25) is 0 Å². The van der Waals surface area contributed by atoms with E-state index in [0.29, 0.717) is 38.7 Å². The maximum absolute atomic E-state index is 12.3. The number of amides is 1. The summed E-state index contributed by atoms with van der Waals surface area (Å²) in [5, 5.41) is 3.90. The van der Waals surface area contributed by atoms with Crippen molar-refractivity contribution in [1.29, 1.82) is 0 Å². The van der Waals surface area contributed by atoms with Gasteiger partial charge in [-0.1, -0.05) is 17.3 Å². The molecule has 0 saturated carbocycles. The molecule has 1 aromatic carbocycles. The molecule has 1 saturated heterocycles. The maximum atomic E-state index is 12.3. The van der Waals surface area contributed by atoms with Gasteiger partial charge < -0.3 is 23.6 Å². The Bertz CT molecular complexity index is 820. The molecule has 0 N–H and O–H groups in total.